The molecule has 26 heavy (non-hydrogen) atoms. The lowest BCUT2D eigenvalue weighted by Crippen LogP contribution is -2.47. The van der Waals surface area contributed by atoms with Crippen LogP contribution in [-0.4, -0.2) is 34.3 Å². The molecule has 0 aliphatic carbocycles. The number of rotatable bonds is 4. The summed E-state index contributed by atoms with van der Waals surface area (Å²) in [5, 5.41) is 0.649. The monoisotopic (exact) mass is 485 g/mol. The van der Waals surface area contributed by atoms with E-state index in [1.54, 1.807) is 4.90 Å². The van der Waals surface area contributed by atoms with Crippen LogP contribution in [0.2, 0.25) is 5.02 Å². The zero-order valence-electron chi connectivity index (χ0n) is 14.5. The van der Waals surface area contributed by atoms with Gasteiger partial charge in [-0.2, -0.15) is 0 Å². The second kappa shape index (κ2) is 8.95. The van der Waals surface area contributed by atoms with Crippen LogP contribution in [0.4, 0.5) is 4.79 Å². The summed E-state index contributed by atoms with van der Waals surface area (Å²) >= 11 is 8.16. The first kappa shape index (κ1) is 19.3. The van der Waals surface area contributed by atoms with Gasteiger partial charge in [-0.1, -0.05) is 48.0 Å². The number of alkyl halides is 1. The molecule has 0 N–H and O–H groups in total. The third-order valence-electron chi connectivity index (χ3n) is 4.38. The second-order valence-electron chi connectivity index (χ2n) is 6.29. The normalized spacial score (nSPS) is 21.1. The molecule has 1 fully saturated rings. The number of hydrogen-bond donors (Lipinski definition) is 0. The number of amides is 1. The molecule has 1 saturated heterocycles. The largest absolute Gasteiger partial charge is 0.490 e. The summed E-state index contributed by atoms with van der Waals surface area (Å²) in [5.41, 5.74) is 1.15. The van der Waals surface area contributed by atoms with Crippen LogP contribution in [0.15, 0.2) is 54.6 Å². The fourth-order valence-electron chi connectivity index (χ4n) is 3.19. The SMILES string of the molecule is CC(I)OC(=O)N1CCC(Oc2cccc(Cl)c2)C(c2ccccc2)C1. The van der Waals surface area contributed by atoms with E-state index in [2.05, 4.69) is 34.7 Å². The van der Waals surface area contributed by atoms with E-state index in [-0.39, 0.29) is 22.2 Å². The summed E-state index contributed by atoms with van der Waals surface area (Å²) in [6.07, 6.45) is 0.433. The maximum atomic E-state index is 12.3. The Balaban J connectivity index is 1.79. The third kappa shape index (κ3) is 5.04. The van der Waals surface area contributed by atoms with Gasteiger partial charge in [0.15, 0.2) is 4.11 Å². The minimum atomic E-state index is -0.269. The summed E-state index contributed by atoms with van der Waals surface area (Å²) in [6.45, 7) is 3.02. The van der Waals surface area contributed by atoms with Crippen molar-refractivity contribution in [1.29, 1.82) is 0 Å². The molecule has 0 radical (unpaired) electrons. The molecule has 3 unspecified atom stereocenters. The Morgan fingerprint density at radius 1 is 1.23 bits per heavy atom. The van der Waals surface area contributed by atoms with E-state index in [0.29, 0.717) is 18.1 Å². The minimum absolute atomic E-state index is 0.0306. The summed E-state index contributed by atoms with van der Waals surface area (Å²) < 4.78 is 11.4. The number of nitrogens with zero attached hydrogens (tertiary/aromatic N) is 1. The molecule has 2 aromatic carbocycles. The third-order valence-corrected chi connectivity index (χ3v) is 4.87. The van der Waals surface area contributed by atoms with Crippen LogP contribution in [0.25, 0.3) is 0 Å². The fraction of sp³-hybridized carbons (Fsp3) is 0.350. The molecule has 1 amide bonds. The number of ether oxygens (including phenoxy) is 2. The molecular weight excluding hydrogens is 465 g/mol. The molecule has 2 aromatic rings. The molecule has 138 valence electrons. The first-order valence-corrected chi connectivity index (χ1v) is 10.2. The predicted molar refractivity (Wildman–Crippen MR) is 111 cm³/mol. The van der Waals surface area contributed by atoms with Gasteiger partial charge in [0.2, 0.25) is 0 Å². The Hall–Kier alpha value is -1.47. The van der Waals surface area contributed by atoms with Crippen LogP contribution in [0.1, 0.15) is 24.8 Å². The lowest BCUT2D eigenvalue weighted by atomic mass is 9.88. The van der Waals surface area contributed by atoms with E-state index in [0.717, 1.165) is 17.7 Å². The average molecular weight is 486 g/mol. The van der Waals surface area contributed by atoms with Crippen molar-refractivity contribution >= 4 is 40.3 Å². The number of carbonyl (C=O) groups is 1. The van der Waals surface area contributed by atoms with Crippen molar-refractivity contribution in [1.82, 2.24) is 4.90 Å². The van der Waals surface area contributed by atoms with E-state index >= 15 is 0 Å². The Labute approximate surface area is 172 Å². The van der Waals surface area contributed by atoms with Crippen molar-refractivity contribution in [3.63, 3.8) is 0 Å². The summed E-state index contributed by atoms with van der Waals surface area (Å²) in [7, 11) is 0. The average Bonchev–Trinajstić information content (AvgIpc) is 2.62. The van der Waals surface area contributed by atoms with Crippen LogP contribution < -0.4 is 4.74 Å². The topological polar surface area (TPSA) is 38.8 Å². The van der Waals surface area contributed by atoms with Crippen molar-refractivity contribution in [2.45, 2.75) is 29.5 Å². The number of carbonyl (C=O) groups excluding carboxylic acids is 1. The van der Waals surface area contributed by atoms with Crippen LogP contribution in [0.5, 0.6) is 5.75 Å². The standard InChI is InChI=1S/C20H21ClINO3/c1-14(22)25-20(24)23-11-10-19(26-17-9-5-8-16(21)12-17)18(13-23)15-6-3-2-4-7-15/h2-9,12,14,18-19H,10-11,13H2,1H3. The smallest absolute Gasteiger partial charge is 0.410 e. The maximum absolute atomic E-state index is 12.3. The Morgan fingerprint density at radius 2 is 2.00 bits per heavy atom. The molecule has 1 aliphatic heterocycles. The Kier molecular flexibility index (Phi) is 6.64. The van der Waals surface area contributed by atoms with Crippen molar-refractivity contribution < 1.29 is 14.3 Å². The molecule has 0 aromatic heterocycles. The molecule has 4 nitrogen and oxygen atoms in total. The van der Waals surface area contributed by atoms with Crippen molar-refractivity contribution in [3.8, 4) is 5.75 Å². The highest BCUT2D eigenvalue weighted by molar-refractivity contribution is 14.1. The molecule has 1 aliphatic rings. The van der Waals surface area contributed by atoms with Gasteiger partial charge in [0.05, 0.1) is 0 Å². The van der Waals surface area contributed by atoms with Gasteiger partial charge in [0, 0.05) is 30.5 Å². The highest BCUT2D eigenvalue weighted by Crippen LogP contribution is 2.32. The molecule has 3 rings (SSSR count). The van der Waals surface area contributed by atoms with Gasteiger partial charge in [-0.25, -0.2) is 4.79 Å². The lowest BCUT2D eigenvalue weighted by Gasteiger charge is -2.38. The predicted octanol–water partition coefficient (Wildman–Crippen LogP) is 5.49. The van der Waals surface area contributed by atoms with Gasteiger partial charge in [0.1, 0.15) is 11.9 Å². The van der Waals surface area contributed by atoms with E-state index in [1.807, 2.05) is 49.4 Å². The van der Waals surface area contributed by atoms with E-state index in [9.17, 15) is 4.79 Å². The maximum Gasteiger partial charge on any atom is 0.410 e. The van der Waals surface area contributed by atoms with Gasteiger partial charge < -0.3 is 14.4 Å². The molecular formula is C20H21ClINO3. The van der Waals surface area contributed by atoms with Crippen molar-refractivity contribution in [3.05, 3.63) is 65.2 Å². The van der Waals surface area contributed by atoms with Crippen molar-refractivity contribution in [2.75, 3.05) is 13.1 Å². The lowest BCUT2D eigenvalue weighted by molar-refractivity contribution is 0.0550. The molecule has 6 heteroatoms. The van der Waals surface area contributed by atoms with E-state index < -0.39 is 0 Å². The zero-order valence-corrected chi connectivity index (χ0v) is 17.4. The summed E-state index contributed by atoms with van der Waals surface area (Å²) in [4.78, 5) is 14.1. The van der Waals surface area contributed by atoms with Gasteiger partial charge in [-0.3, -0.25) is 0 Å². The van der Waals surface area contributed by atoms with Gasteiger partial charge in [-0.05, 0) is 53.3 Å². The van der Waals surface area contributed by atoms with Gasteiger partial charge >= 0.3 is 6.09 Å². The summed E-state index contributed by atoms with van der Waals surface area (Å²) in [5.74, 6) is 0.821. The van der Waals surface area contributed by atoms with Crippen LogP contribution in [0.3, 0.4) is 0 Å². The fourth-order valence-corrected chi connectivity index (χ4v) is 3.58. The molecule has 1 heterocycles. The molecule has 3 atom stereocenters. The van der Waals surface area contributed by atoms with Crippen molar-refractivity contribution in [2.24, 2.45) is 0 Å². The molecule has 0 bridgehead atoms. The zero-order chi connectivity index (χ0) is 18.5. The van der Waals surface area contributed by atoms with Crippen LogP contribution >= 0.6 is 34.2 Å². The Morgan fingerprint density at radius 3 is 2.69 bits per heavy atom. The van der Waals surface area contributed by atoms with Crippen LogP contribution in [-0.2, 0) is 4.74 Å². The quantitative estimate of drug-likeness (QED) is 0.424. The number of piperidine rings is 1. The second-order valence-corrected chi connectivity index (χ2v) is 8.48. The number of halogens is 2. The minimum Gasteiger partial charge on any atom is -0.490 e. The highest BCUT2D eigenvalue weighted by atomic mass is 127. The van der Waals surface area contributed by atoms with Crippen LogP contribution in [0, 0.1) is 0 Å². The van der Waals surface area contributed by atoms with Gasteiger partial charge in [0.25, 0.3) is 0 Å². The van der Waals surface area contributed by atoms with Gasteiger partial charge in [-0.15, -0.1) is 0 Å². The highest BCUT2D eigenvalue weighted by Gasteiger charge is 2.35. The van der Waals surface area contributed by atoms with E-state index in [1.165, 1.54) is 0 Å². The number of likely N-dealkylation sites (tertiary alicyclic amines) is 1. The molecule has 0 spiro atoms. The Bertz CT molecular complexity index is 741. The summed E-state index contributed by atoms with van der Waals surface area (Å²) in [6, 6.07) is 17.6. The first-order valence-electron chi connectivity index (χ1n) is 8.59. The number of hydrogen-bond acceptors (Lipinski definition) is 3. The van der Waals surface area contributed by atoms with E-state index in [4.69, 9.17) is 21.1 Å². The first-order chi connectivity index (χ1) is 12.5. The molecule has 0 saturated carbocycles. The number of benzene rings is 2.